The van der Waals surface area contributed by atoms with E-state index in [1.807, 2.05) is 24.3 Å². The maximum absolute atomic E-state index is 12.0. The van der Waals surface area contributed by atoms with Crippen LogP contribution < -0.4 is 0 Å². The zero-order valence-corrected chi connectivity index (χ0v) is 16.9. The summed E-state index contributed by atoms with van der Waals surface area (Å²) in [6.07, 6.45) is 3.79. The number of hydrogen-bond donors (Lipinski definition) is 1. The quantitative estimate of drug-likeness (QED) is 0.638. The predicted octanol–water partition coefficient (Wildman–Crippen LogP) is 3.93. The number of carboxylic acids is 1. The van der Waals surface area contributed by atoms with Gasteiger partial charge in [-0.05, 0) is 60.4 Å². The predicted molar refractivity (Wildman–Crippen MR) is 106 cm³/mol. The zero-order chi connectivity index (χ0) is 19.2. The van der Waals surface area contributed by atoms with E-state index in [0.29, 0.717) is 42.3 Å². The van der Waals surface area contributed by atoms with Crippen molar-refractivity contribution < 1.29 is 18.3 Å². The van der Waals surface area contributed by atoms with Gasteiger partial charge in [0.15, 0.2) is 0 Å². The van der Waals surface area contributed by atoms with Gasteiger partial charge in [-0.15, -0.1) is 11.3 Å². The molecule has 5 nitrogen and oxygen atoms in total. The van der Waals surface area contributed by atoms with Crippen molar-refractivity contribution >= 4 is 38.9 Å². The van der Waals surface area contributed by atoms with Crippen LogP contribution in [-0.4, -0.2) is 43.1 Å². The largest absolute Gasteiger partial charge is 0.477 e. The normalized spacial score (nSPS) is 11.8. The van der Waals surface area contributed by atoms with Gasteiger partial charge in [-0.3, -0.25) is 0 Å². The summed E-state index contributed by atoms with van der Waals surface area (Å²) in [6.45, 7) is 0.810. The topological polar surface area (TPSA) is 74.7 Å². The van der Waals surface area contributed by atoms with E-state index < -0.39 is 16.0 Å². The van der Waals surface area contributed by atoms with Gasteiger partial charge < -0.3 is 5.11 Å². The molecule has 1 heterocycles. The zero-order valence-electron chi connectivity index (χ0n) is 14.5. The summed E-state index contributed by atoms with van der Waals surface area (Å²) in [7, 11) is -3.30. The van der Waals surface area contributed by atoms with E-state index >= 15 is 0 Å². The van der Waals surface area contributed by atoms with Crippen LogP contribution in [0.4, 0.5) is 0 Å². The Balaban J connectivity index is 1.87. The molecule has 0 amide bonds. The third kappa shape index (κ3) is 6.39. The molecular weight excluding hydrogens is 394 g/mol. The van der Waals surface area contributed by atoms with Gasteiger partial charge in [-0.2, -0.15) is 0 Å². The first-order valence-corrected chi connectivity index (χ1v) is 11.4. The second kappa shape index (κ2) is 9.50. The number of carbonyl (C=O) groups is 1. The number of aryl methyl sites for hydroxylation is 2. The number of hydrogen-bond acceptors (Lipinski definition) is 4. The Hall–Kier alpha value is -1.41. The molecule has 1 aromatic heterocycles. The lowest BCUT2D eigenvalue weighted by Gasteiger charge is -2.20. The van der Waals surface area contributed by atoms with Gasteiger partial charge in [-0.1, -0.05) is 23.7 Å². The minimum absolute atomic E-state index is 0.330. The van der Waals surface area contributed by atoms with E-state index in [4.69, 9.17) is 16.7 Å². The number of rotatable bonds is 10. The van der Waals surface area contributed by atoms with Crippen LogP contribution >= 0.6 is 22.9 Å². The first-order valence-electron chi connectivity index (χ1n) is 8.26. The van der Waals surface area contributed by atoms with E-state index in [1.165, 1.54) is 21.9 Å². The van der Waals surface area contributed by atoms with E-state index in [-0.39, 0.29) is 0 Å². The second-order valence-corrected chi connectivity index (χ2v) is 9.41. The maximum atomic E-state index is 12.0. The van der Waals surface area contributed by atoms with Crippen LogP contribution in [0.3, 0.4) is 0 Å². The maximum Gasteiger partial charge on any atom is 0.346 e. The molecule has 0 aliphatic heterocycles. The van der Waals surface area contributed by atoms with Crippen molar-refractivity contribution in [2.24, 2.45) is 0 Å². The highest BCUT2D eigenvalue weighted by Crippen LogP contribution is 2.19. The third-order valence-electron chi connectivity index (χ3n) is 4.03. The SMILES string of the molecule is CS(=O)(=O)N(CCCc1cccc(Cl)c1)CCCc1ccsc1C(=O)O. The molecule has 0 atom stereocenters. The summed E-state index contributed by atoms with van der Waals surface area (Å²) in [5.41, 5.74) is 1.84. The first kappa shape index (κ1) is 20.9. The highest BCUT2D eigenvalue weighted by molar-refractivity contribution is 7.88. The van der Waals surface area contributed by atoms with Crippen LogP contribution in [0.25, 0.3) is 0 Å². The smallest absolute Gasteiger partial charge is 0.346 e. The average molecular weight is 416 g/mol. The van der Waals surface area contributed by atoms with Gasteiger partial charge >= 0.3 is 5.97 Å². The Morgan fingerprint density at radius 3 is 2.50 bits per heavy atom. The van der Waals surface area contributed by atoms with Crippen molar-refractivity contribution in [3.63, 3.8) is 0 Å². The van der Waals surface area contributed by atoms with Crippen LogP contribution in [-0.2, 0) is 22.9 Å². The number of thiophene rings is 1. The number of aromatic carboxylic acids is 1. The van der Waals surface area contributed by atoms with Crippen molar-refractivity contribution in [3.8, 4) is 0 Å². The number of nitrogens with zero attached hydrogens (tertiary/aromatic N) is 1. The van der Waals surface area contributed by atoms with Gasteiger partial charge in [0.1, 0.15) is 4.88 Å². The molecule has 142 valence electrons. The molecular formula is C18H22ClNO4S2. The summed E-state index contributed by atoms with van der Waals surface area (Å²) in [6, 6.07) is 9.34. The number of halogens is 1. The fraction of sp³-hybridized carbons (Fsp3) is 0.389. The van der Waals surface area contributed by atoms with E-state index in [9.17, 15) is 13.2 Å². The standard InChI is InChI=1S/C18H22ClNO4S2/c1-26(23,24)20(10-3-6-14-5-2-8-16(19)13-14)11-4-7-15-9-12-25-17(15)18(21)22/h2,5,8-9,12-13H,3-4,6-7,10-11H2,1H3,(H,21,22). The Bertz CT molecular complexity index is 848. The molecule has 0 aliphatic carbocycles. The van der Waals surface area contributed by atoms with Gasteiger partial charge in [-0.25, -0.2) is 17.5 Å². The Morgan fingerprint density at radius 1 is 1.19 bits per heavy atom. The van der Waals surface area contributed by atoms with Crippen molar-refractivity contribution in [3.05, 3.63) is 56.7 Å². The Kier molecular flexibility index (Phi) is 7.64. The molecule has 0 fully saturated rings. The fourth-order valence-corrected chi connectivity index (χ4v) is 4.69. The Labute approximate surface area is 163 Å². The summed E-state index contributed by atoms with van der Waals surface area (Å²) < 4.78 is 25.5. The average Bonchev–Trinajstić information content (AvgIpc) is 3.01. The lowest BCUT2D eigenvalue weighted by atomic mass is 10.1. The van der Waals surface area contributed by atoms with Crippen molar-refractivity contribution in [1.82, 2.24) is 4.31 Å². The van der Waals surface area contributed by atoms with Crippen molar-refractivity contribution in [2.45, 2.75) is 25.7 Å². The minimum atomic E-state index is -3.30. The van der Waals surface area contributed by atoms with Gasteiger partial charge in [0.05, 0.1) is 6.26 Å². The summed E-state index contributed by atoms with van der Waals surface area (Å²) in [5, 5.41) is 11.6. The molecule has 26 heavy (non-hydrogen) atoms. The second-order valence-electron chi connectivity index (χ2n) is 6.08. The van der Waals surface area contributed by atoms with Gasteiger partial charge in [0, 0.05) is 18.1 Å². The summed E-state index contributed by atoms with van der Waals surface area (Å²) in [5.74, 6) is -0.934. The highest BCUT2D eigenvalue weighted by atomic mass is 35.5. The molecule has 8 heteroatoms. The summed E-state index contributed by atoms with van der Waals surface area (Å²) in [4.78, 5) is 11.5. The highest BCUT2D eigenvalue weighted by Gasteiger charge is 2.17. The summed E-state index contributed by atoms with van der Waals surface area (Å²) >= 11 is 7.16. The molecule has 2 aromatic rings. The minimum Gasteiger partial charge on any atom is -0.477 e. The van der Waals surface area contributed by atoms with Crippen molar-refractivity contribution in [2.75, 3.05) is 19.3 Å². The molecule has 0 unspecified atom stereocenters. The molecule has 0 bridgehead atoms. The molecule has 0 saturated carbocycles. The first-order chi connectivity index (χ1) is 12.3. The molecule has 1 aromatic carbocycles. The van der Waals surface area contributed by atoms with Crippen LogP contribution in [0.2, 0.25) is 5.02 Å². The van der Waals surface area contributed by atoms with Crippen LogP contribution in [0, 0.1) is 0 Å². The third-order valence-corrected chi connectivity index (χ3v) is 6.51. The lowest BCUT2D eigenvalue weighted by molar-refractivity contribution is 0.0701. The van der Waals surface area contributed by atoms with Crippen LogP contribution in [0.5, 0.6) is 0 Å². The Morgan fingerprint density at radius 2 is 1.88 bits per heavy atom. The van der Waals surface area contributed by atoms with Crippen LogP contribution in [0.1, 0.15) is 33.6 Å². The molecule has 0 saturated heterocycles. The number of benzene rings is 1. The molecule has 0 spiro atoms. The molecule has 0 aliphatic rings. The van der Waals surface area contributed by atoms with Gasteiger partial charge in [0.25, 0.3) is 0 Å². The van der Waals surface area contributed by atoms with Gasteiger partial charge in [0.2, 0.25) is 10.0 Å². The fourth-order valence-electron chi connectivity index (χ4n) is 2.76. The number of sulfonamides is 1. The van der Waals surface area contributed by atoms with Crippen molar-refractivity contribution in [1.29, 1.82) is 0 Å². The molecule has 0 radical (unpaired) electrons. The van der Waals surface area contributed by atoms with E-state index in [1.54, 1.807) is 11.4 Å². The number of carboxylic acid groups (broad SMARTS) is 1. The van der Waals surface area contributed by atoms with E-state index in [0.717, 1.165) is 17.5 Å². The lowest BCUT2D eigenvalue weighted by Crippen LogP contribution is -2.32. The van der Waals surface area contributed by atoms with Crippen LogP contribution in [0.15, 0.2) is 35.7 Å². The monoisotopic (exact) mass is 415 g/mol. The molecule has 1 N–H and O–H groups in total. The van der Waals surface area contributed by atoms with E-state index in [2.05, 4.69) is 0 Å². The molecule has 2 rings (SSSR count).